The summed E-state index contributed by atoms with van der Waals surface area (Å²) >= 11 is 4.50. The van der Waals surface area contributed by atoms with Crippen molar-refractivity contribution >= 4 is 57.0 Å². The topological polar surface area (TPSA) is 58.2 Å². The average Bonchev–Trinajstić information content (AvgIpc) is 2.67. The van der Waals surface area contributed by atoms with Gasteiger partial charge in [0.2, 0.25) is 0 Å². The lowest BCUT2D eigenvalue weighted by molar-refractivity contribution is 0.0862. The van der Waals surface area contributed by atoms with Crippen molar-refractivity contribution in [3.05, 3.63) is 65.8 Å². The van der Waals surface area contributed by atoms with Crippen LogP contribution in [0.4, 0.5) is 0 Å². The fourth-order valence-corrected chi connectivity index (χ4v) is 4.48. The van der Waals surface area contributed by atoms with Gasteiger partial charge in [0.25, 0.3) is 11.8 Å². The zero-order valence-electron chi connectivity index (χ0n) is 16.0. The summed E-state index contributed by atoms with van der Waals surface area (Å²) in [6, 6.07) is 11.4. The van der Waals surface area contributed by atoms with Crippen molar-refractivity contribution in [3.8, 4) is 0 Å². The number of carbonyl (C=O) groups excluding carboxylic acids is 2. The third-order valence-corrected chi connectivity index (χ3v) is 7.59. The van der Waals surface area contributed by atoms with E-state index < -0.39 is 0 Å². The monoisotopic (exact) mass is 602 g/mol. The number of hydrogen-bond donors (Lipinski definition) is 2. The zero-order valence-corrected chi connectivity index (χ0v) is 20.3. The molecule has 2 aromatic rings. The molecule has 0 bridgehead atoms. The summed E-state index contributed by atoms with van der Waals surface area (Å²) in [4.78, 5) is 25.5. The lowest BCUT2D eigenvalue weighted by Gasteiger charge is -2.33. The minimum atomic E-state index is -0.0750. The van der Waals surface area contributed by atoms with Crippen LogP contribution in [0.25, 0.3) is 0 Å². The number of benzene rings is 2. The molecule has 0 radical (unpaired) electrons. The van der Waals surface area contributed by atoms with E-state index in [4.69, 9.17) is 0 Å². The second-order valence-electron chi connectivity index (χ2n) is 7.37. The van der Waals surface area contributed by atoms with Gasteiger partial charge < -0.3 is 10.6 Å². The first-order valence-electron chi connectivity index (χ1n) is 9.49. The predicted molar refractivity (Wildman–Crippen MR) is 129 cm³/mol. The Kier molecular flexibility index (Phi) is 7.36. The number of amides is 2. The van der Waals surface area contributed by atoms with Gasteiger partial charge in [0.15, 0.2) is 0 Å². The predicted octanol–water partition coefficient (Wildman–Crippen LogP) is 4.98. The van der Waals surface area contributed by atoms with Crippen LogP contribution in [-0.4, -0.2) is 23.9 Å². The minimum absolute atomic E-state index is 0.0475. The molecule has 1 fully saturated rings. The first-order chi connectivity index (χ1) is 13.3. The van der Waals surface area contributed by atoms with Crippen LogP contribution < -0.4 is 10.6 Å². The molecule has 1 saturated carbocycles. The Morgan fingerprint density at radius 1 is 0.786 bits per heavy atom. The van der Waals surface area contributed by atoms with Gasteiger partial charge in [0, 0.05) is 30.4 Å². The standard InChI is InChI=1S/C22H24I2N2O2/c1-13-7-9-15(11-17(13)23)21(27)25-19-5-3-4-6-20(19)26-22(28)16-10-8-14(2)18(24)12-16/h7-12,19-20H,3-6H2,1-2H3,(H,25,27)(H,26,28)/t19-,20+. The Morgan fingerprint density at radius 3 is 1.54 bits per heavy atom. The Bertz CT molecular complexity index is 825. The van der Waals surface area contributed by atoms with Crippen molar-refractivity contribution in [1.29, 1.82) is 0 Å². The molecule has 2 atom stereocenters. The van der Waals surface area contributed by atoms with Crippen molar-refractivity contribution in [2.24, 2.45) is 0 Å². The summed E-state index contributed by atoms with van der Waals surface area (Å²) in [5, 5.41) is 6.30. The first kappa shape index (κ1) is 21.5. The van der Waals surface area contributed by atoms with Gasteiger partial charge >= 0.3 is 0 Å². The normalized spacial score (nSPS) is 19.1. The Hall–Kier alpha value is -1.16. The fraction of sp³-hybridized carbons (Fsp3) is 0.364. The quantitative estimate of drug-likeness (QED) is 0.486. The third-order valence-electron chi connectivity index (χ3n) is 5.27. The van der Waals surface area contributed by atoms with Gasteiger partial charge in [0.05, 0.1) is 0 Å². The van der Waals surface area contributed by atoms with E-state index in [-0.39, 0.29) is 23.9 Å². The highest BCUT2D eigenvalue weighted by Gasteiger charge is 2.28. The van der Waals surface area contributed by atoms with E-state index >= 15 is 0 Å². The first-order valence-corrected chi connectivity index (χ1v) is 11.6. The molecule has 0 heterocycles. The largest absolute Gasteiger partial charge is 0.347 e. The van der Waals surface area contributed by atoms with Crippen LogP contribution in [-0.2, 0) is 0 Å². The lowest BCUT2D eigenvalue weighted by Crippen LogP contribution is -2.53. The Morgan fingerprint density at radius 2 is 1.18 bits per heavy atom. The fourth-order valence-electron chi connectivity index (χ4n) is 3.45. The number of aryl methyl sites for hydroxylation is 2. The van der Waals surface area contributed by atoms with Crippen molar-refractivity contribution < 1.29 is 9.59 Å². The maximum Gasteiger partial charge on any atom is 0.251 e. The second-order valence-corrected chi connectivity index (χ2v) is 9.70. The van der Waals surface area contributed by atoms with Crippen LogP contribution in [0.15, 0.2) is 36.4 Å². The third kappa shape index (κ3) is 5.25. The van der Waals surface area contributed by atoms with Crippen LogP contribution in [0, 0.1) is 21.0 Å². The van der Waals surface area contributed by atoms with E-state index in [1.165, 1.54) is 0 Å². The molecular weight excluding hydrogens is 578 g/mol. The number of rotatable bonds is 4. The molecule has 6 heteroatoms. The molecule has 2 amide bonds. The maximum absolute atomic E-state index is 12.7. The van der Waals surface area contributed by atoms with Gasteiger partial charge in [0.1, 0.15) is 0 Å². The van der Waals surface area contributed by atoms with Crippen LogP contribution >= 0.6 is 45.2 Å². The summed E-state index contributed by atoms with van der Waals surface area (Å²) < 4.78 is 2.15. The summed E-state index contributed by atoms with van der Waals surface area (Å²) in [6.45, 7) is 4.06. The molecule has 1 aliphatic carbocycles. The summed E-state index contributed by atoms with van der Waals surface area (Å²) in [5.41, 5.74) is 3.65. The van der Waals surface area contributed by atoms with E-state index in [9.17, 15) is 9.59 Å². The van der Waals surface area contributed by atoms with Gasteiger partial charge in [-0.05, 0) is 107 Å². The van der Waals surface area contributed by atoms with Gasteiger partial charge in [-0.15, -0.1) is 0 Å². The van der Waals surface area contributed by atoms with Crippen molar-refractivity contribution in [1.82, 2.24) is 10.6 Å². The molecule has 1 aliphatic rings. The highest BCUT2D eigenvalue weighted by atomic mass is 127. The van der Waals surface area contributed by atoms with E-state index in [1.807, 2.05) is 50.2 Å². The maximum atomic E-state index is 12.7. The molecule has 0 aromatic heterocycles. The second kappa shape index (κ2) is 9.56. The minimum Gasteiger partial charge on any atom is -0.347 e. The molecular formula is C22H24I2N2O2. The molecule has 0 saturated heterocycles. The molecule has 2 N–H and O–H groups in total. The van der Waals surface area contributed by atoms with Crippen LogP contribution in [0.5, 0.6) is 0 Å². The number of nitrogens with one attached hydrogen (secondary N) is 2. The molecule has 0 aliphatic heterocycles. The van der Waals surface area contributed by atoms with E-state index in [0.29, 0.717) is 11.1 Å². The van der Waals surface area contributed by atoms with E-state index in [1.54, 1.807) is 0 Å². The van der Waals surface area contributed by atoms with Gasteiger partial charge in [-0.3, -0.25) is 9.59 Å². The van der Waals surface area contributed by atoms with Gasteiger partial charge in [-0.2, -0.15) is 0 Å². The molecule has 28 heavy (non-hydrogen) atoms. The number of halogens is 2. The molecule has 2 aromatic carbocycles. The highest BCUT2D eigenvalue weighted by Crippen LogP contribution is 2.21. The number of carbonyl (C=O) groups is 2. The van der Waals surface area contributed by atoms with Crippen LogP contribution in [0.2, 0.25) is 0 Å². The SMILES string of the molecule is Cc1ccc(C(=O)N[C@H]2CCCC[C@H]2NC(=O)c2ccc(C)c(I)c2)cc1I. The van der Waals surface area contributed by atoms with Crippen molar-refractivity contribution in [3.63, 3.8) is 0 Å². The summed E-state index contributed by atoms with van der Waals surface area (Å²) in [7, 11) is 0. The van der Waals surface area contributed by atoms with E-state index in [2.05, 4.69) is 55.8 Å². The lowest BCUT2D eigenvalue weighted by atomic mass is 9.89. The Balaban J connectivity index is 1.69. The van der Waals surface area contributed by atoms with Crippen LogP contribution in [0.1, 0.15) is 57.5 Å². The Labute approximate surface area is 193 Å². The smallest absolute Gasteiger partial charge is 0.251 e. The van der Waals surface area contributed by atoms with Gasteiger partial charge in [-0.25, -0.2) is 0 Å². The molecule has 148 valence electrons. The van der Waals surface area contributed by atoms with Crippen molar-refractivity contribution in [2.75, 3.05) is 0 Å². The van der Waals surface area contributed by atoms with E-state index in [0.717, 1.165) is 44.0 Å². The van der Waals surface area contributed by atoms with Crippen molar-refractivity contribution in [2.45, 2.75) is 51.6 Å². The molecule has 0 spiro atoms. The highest BCUT2D eigenvalue weighted by molar-refractivity contribution is 14.1. The molecule has 3 rings (SSSR count). The molecule has 4 nitrogen and oxygen atoms in total. The summed E-state index contributed by atoms with van der Waals surface area (Å²) in [5.74, 6) is -0.150. The number of hydrogen-bond acceptors (Lipinski definition) is 2. The zero-order chi connectivity index (χ0) is 20.3. The summed E-state index contributed by atoms with van der Waals surface area (Å²) in [6.07, 6.45) is 3.88. The van der Waals surface area contributed by atoms with Crippen LogP contribution in [0.3, 0.4) is 0 Å². The van der Waals surface area contributed by atoms with Gasteiger partial charge in [-0.1, -0.05) is 25.0 Å². The average molecular weight is 602 g/mol. The molecule has 0 unspecified atom stereocenters.